The van der Waals surface area contributed by atoms with Crippen LogP contribution in [0.25, 0.3) is 0 Å². The second kappa shape index (κ2) is 5.14. The highest BCUT2D eigenvalue weighted by atomic mass is 16.5. The number of carboxylic acid groups (broad SMARTS) is 1. The Labute approximate surface area is 122 Å². The van der Waals surface area contributed by atoms with E-state index < -0.39 is 12.1 Å². The molecule has 1 saturated heterocycles. The molecule has 1 aliphatic heterocycles. The van der Waals surface area contributed by atoms with Gasteiger partial charge in [0, 0.05) is 25.7 Å². The summed E-state index contributed by atoms with van der Waals surface area (Å²) in [6.07, 6.45) is 3.36. The molecular formula is C14H19N3O4. The molecule has 0 radical (unpaired) electrons. The second-order valence-corrected chi connectivity index (χ2v) is 5.91. The van der Waals surface area contributed by atoms with E-state index in [9.17, 15) is 9.59 Å². The highest BCUT2D eigenvalue weighted by Crippen LogP contribution is 2.48. The zero-order valence-corrected chi connectivity index (χ0v) is 12.1. The van der Waals surface area contributed by atoms with Crippen LogP contribution in [0.4, 0.5) is 0 Å². The molecule has 1 N–H and O–H groups in total. The lowest BCUT2D eigenvalue weighted by Crippen LogP contribution is -2.52. The Morgan fingerprint density at radius 1 is 1.43 bits per heavy atom. The second-order valence-electron chi connectivity index (χ2n) is 5.91. The van der Waals surface area contributed by atoms with Crippen molar-refractivity contribution in [3.05, 3.63) is 18.0 Å². The van der Waals surface area contributed by atoms with Crippen molar-refractivity contribution < 1.29 is 19.4 Å². The predicted octanol–water partition coefficient (Wildman–Crippen LogP) is 0.224. The van der Waals surface area contributed by atoms with Gasteiger partial charge in [0.1, 0.15) is 0 Å². The van der Waals surface area contributed by atoms with Crippen LogP contribution in [0, 0.1) is 5.92 Å². The summed E-state index contributed by atoms with van der Waals surface area (Å²) in [6, 6.07) is 0. The number of aryl methyl sites for hydroxylation is 1. The minimum Gasteiger partial charge on any atom is -0.479 e. The van der Waals surface area contributed by atoms with Crippen LogP contribution in [-0.2, 0) is 21.4 Å². The summed E-state index contributed by atoms with van der Waals surface area (Å²) in [5.41, 5.74) is 1.08. The predicted molar refractivity (Wildman–Crippen MR) is 72.6 cm³/mol. The van der Waals surface area contributed by atoms with Gasteiger partial charge in [0.15, 0.2) is 6.10 Å². The van der Waals surface area contributed by atoms with Gasteiger partial charge in [0.05, 0.1) is 18.8 Å². The zero-order chi connectivity index (χ0) is 15.1. The van der Waals surface area contributed by atoms with Gasteiger partial charge in [-0.15, -0.1) is 0 Å². The molecule has 0 bridgehead atoms. The van der Waals surface area contributed by atoms with Crippen molar-refractivity contribution >= 4 is 11.9 Å². The van der Waals surface area contributed by atoms with Gasteiger partial charge < -0.3 is 14.7 Å². The van der Waals surface area contributed by atoms with Crippen LogP contribution in [0.15, 0.2) is 12.4 Å². The lowest BCUT2D eigenvalue weighted by Gasteiger charge is -2.35. The Balaban J connectivity index is 1.64. The van der Waals surface area contributed by atoms with Crippen LogP contribution >= 0.6 is 0 Å². The monoisotopic (exact) mass is 293 g/mol. The number of rotatable bonds is 3. The number of aliphatic carboxylic acids is 1. The first kappa shape index (κ1) is 14.1. The molecule has 0 aromatic carbocycles. The number of amides is 1. The van der Waals surface area contributed by atoms with E-state index in [1.54, 1.807) is 22.7 Å². The van der Waals surface area contributed by atoms with Crippen molar-refractivity contribution in [3.63, 3.8) is 0 Å². The smallest absolute Gasteiger partial charge is 0.334 e. The number of ether oxygens (including phenoxy) is 1. The molecule has 1 saturated carbocycles. The maximum absolute atomic E-state index is 12.5. The minimum absolute atomic E-state index is 0.0326. The Bertz CT molecular complexity index is 570. The first-order valence-electron chi connectivity index (χ1n) is 7.11. The van der Waals surface area contributed by atoms with E-state index in [1.165, 1.54) is 0 Å². The summed E-state index contributed by atoms with van der Waals surface area (Å²) in [5.74, 6) is -0.814. The molecule has 2 heterocycles. The maximum Gasteiger partial charge on any atom is 0.334 e. The van der Waals surface area contributed by atoms with Crippen molar-refractivity contribution in [2.45, 2.75) is 31.5 Å². The first-order valence-corrected chi connectivity index (χ1v) is 7.11. The van der Waals surface area contributed by atoms with Crippen LogP contribution in [0.3, 0.4) is 0 Å². The molecule has 4 atom stereocenters. The molecule has 0 spiro atoms. The van der Waals surface area contributed by atoms with Gasteiger partial charge in [-0.05, 0) is 24.8 Å². The summed E-state index contributed by atoms with van der Waals surface area (Å²) in [7, 11) is 1.85. The third-order valence-electron chi connectivity index (χ3n) is 4.11. The standard InChI is InChI=1S/C14H19N3O4/c1-8-5-17(7-12(21-8)14(19)20)13(18)11-3-10(11)9-4-15-16(2)6-9/h4,6,8,10-12H,3,5,7H2,1-2H3,(H,19,20)/t8-,10?,11?,12-/m1/s1. The fourth-order valence-corrected chi connectivity index (χ4v) is 2.97. The van der Waals surface area contributed by atoms with Crippen LogP contribution in [-0.4, -0.2) is 57.0 Å². The normalized spacial score (nSPS) is 32.0. The van der Waals surface area contributed by atoms with Gasteiger partial charge in [-0.2, -0.15) is 5.10 Å². The van der Waals surface area contributed by atoms with E-state index in [0.717, 1.165) is 12.0 Å². The molecule has 2 unspecified atom stereocenters. The Kier molecular flexibility index (Phi) is 3.44. The van der Waals surface area contributed by atoms with Gasteiger partial charge in [-0.3, -0.25) is 9.48 Å². The molecule has 7 nitrogen and oxygen atoms in total. The molecule has 2 aliphatic rings. The minimum atomic E-state index is -1.01. The van der Waals surface area contributed by atoms with Gasteiger partial charge in [-0.1, -0.05) is 0 Å². The van der Waals surface area contributed by atoms with Crippen molar-refractivity contribution in [1.29, 1.82) is 0 Å². The lowest BCUT2D eigenvalue weighted by atomic mass is 10.1. The maximum atomic E-state index is 12.5. The van der Waals surface area contributed by atoms with Gasteiger partial charge in [-0.25, -0.2) is 4.79 Å². The van der Waals surface area contributed by atoms with E-state index in [4.69, 9.17) is 9.84 Å². The van der Waals surface area contributed by atoms with E-state index in [2.05, 4.69) is 5.10 Å². The van der Waals surface area contributed by atoms with E-state index in [-0.39, 0.29) is 30.4 Å². The lowest BCUT2D eigenvalue weighted by molar-refractivity contribution is -0.167. The molecular weight excluding hydrogens is 274 g/mol. The van der Waals surface area contributed by atoms with E-state index >= 15 is 0 Å². The molecule has 114 valence electrons. The highest BCUT2D eigenvalue weighted by Gasteiger charge is 2.47. The number of aromatic nitrogens is 2. The number of carbonyl (C=O) groups excluding carboxylic acids is 1. The van der Waals surface area contributed by atoms with E-state index in [0.29, 0.717) is 6.54 Å². The Hall–Kier alpha value is -1.89. The Morgan fingerprint density at radius 3 is 2.81 bits per heavy atom. The molecule has 1 aromatic rings. The number of carbonyl (C=O) groups is 2. The fourth-order valence-electron chi connectivity index (χ4n) is 2.97. The molecule has 1 aromatic heterocycles. The Morgan fingerprint density at radius 2 is 2.19 bits per heavy atom. The summed E-state index contributed by atoms with van der Waals surface area (Å²) in [6.45, 7) is 2.38. The average Bonchev–Trinajstić information content (AvgIpc) is 3.12. The third kappa shape index (κ3) is 2.78. The zero-order valence-electron chi connectivity index (χ0n) is 12.1. The number of morpholine rings is 1. The summed E-state index contributed by atoms with van der Waals surface area (Å²) in [4.78, 5) is 25.2. The van der Waals surface area contributed by atoms with Crippen molar-refractivity contribution in [1.82, 2.24) is 14.7 Å². The molecule has 2 fully saturated rings. The van der Waals surface area contributed by atoms with Crippen LogP contribution in [0.2, 0.25) is 0 Å². The topological polar surface area (TPSA) is 84.7 Å². The van der Waals surface area contributed by atoms with Crippen molar-refractivity contribution in [2.75, 3.05) is 13.1 Å². The fraction of sp³-hybridized carbons (Fsp3) is 0.643. The number of nitrogens with zero attached hydrogens (tertiary/aromatic N) is 3. The van der Waals surface area contributed by atoms with Crippen LogP contribution in [0.5, 0.6) is 0 Å². The molecule has 1 aliphatic carbocycles. The summed E-state index contributed by atoms with van der Waals surface area (Å²) in [5, 5.41) is 13.2. The SMILES string of the molecule is C[C@@H]1CN(C(=O)C2CC2c2cnn(C)c2)C[C@H](C(=O)O)O1. The largest absolute Gasteiger partial charge is 0.479 e. The highest BCUT2D eigenvalue weighted by molar-refractivity contribution is 5.84. The molecule has 21 heavy (non-hydrogen) atoms. The van der Waals surface area contributed by atoms with Gasteiger partial charge in [0.25, 0.3) is 0 Å². The van der Waals surface area contributed by atoms with E-state index in [1.807, 2.05) is 13.2 Å². The van der Waals surface area contributed by atoms with Crippen molar-refractivity contribution in [3.8, 4) is 0 Å². The van der Waals surface area contributed by atoms with Gasteiger partial charge in [0.2, 0.25) is 5.91 Å². The molecule has 7 heteroatoms. The van der Waals surface area contributed by atoms with Crippen LogP contribution < -0.4 is 0 Å². The molecule has 3 rings (SSSR count). The third-order valence-corrected chi connectivity index (χ3v) is 4.11. The van der Waals surface area contributed by atoms with Crippen LogP contribution in [0.1, 0.15) is 24.8 Å². The average molecular weight is 293 g/mol. The van der Waals surface area contributed by atoms with Crippen molar-refractivity contribution in [2.24, 2.45) is 13.0 Å². The first-order chi connectivity index (χ1) is 9.95. The number of carboxylic acids is 1. The molecule has 1 amide bonds. The number of hydrogen-bond donors (Lipinski definition) is 1. The number of hydrogen-bond acceptors (Lipinski definition) is 4. The summed E-state index contributed by atoms with van der Waals surface area (Å²) < 4.78 is 7.06. The quantitative estimate of drug-likeness (QED) is 0.862. The van der Waals surface area contributed by atoms with Gasteiger partial charge >= 0.3 is 5.97 Å². The summed E-state index contributed by atoms with van der Waals surface area (Å²) >= 11 is 0.